The highest BCUT2D eigenvalue weighted by molar-refractivity contribution is 6.30. The van der Waals surface area contributed by atoms with Crippen LogP contribution in [0.2, 0.25) is 5.02 Å². The first kappa shape index (κ1) is 16.5. The second kappa shape index (κ2) is 7.49. The summed E-state index contributed by atoms with van der Waals surface area (Å²) in [6.45, 7) is 2.56. The molecule has 0 bridgehead atoms. The molecule has 1 aromatic carbocycles. The molecule has 1 fully saturated rings. The van der Waals surface area contributed by atoms with Crippen LogP contribution in [0.1, 0.15) is 36.0 Å². The van der Waals surface area contributed by atoms with Gasteiger partial charge in [-0.1, -0.05) is 23.7 Å². The Balaban J connectivity index is 1.52. The lowest BCUT2D eigenvalue weighted by Gasteiger charge is -2.33. The lowest BCUT2D eigenvalue weighted by atomic mass is 9.87. The molecule has 1 saturated heterocycles. The maximum absolute atomic E-state index is 10.5. The van der Waals surface area contributed by atoms with Crippen molar-refractivity contribution in [2.75, 3.05) is 13.1 Å². The van der Waals surface area contributed by atoms with Gasteiger partial charge in [-0.3, -0.25) is 4.90 Å². The largest absolute Gasteiger partial charge is 0.462 e. The number of likely N-dealkylation sites (tertiary alicyclic amines) is 1. The fourth-order valence-electron chi connectivity index (χ4n) is 3.17. The molecule has 2 aromatic rings. The second-order valence-corrected chi connectivity index (χ2v) is 6.57. The van der Waals surface area contributed by atoms with E-state index in [1.165, 1.54) is 0 Å². The summed E-state index contributed by atoms with van der Waals surface area (Å²) >= 11 is 5.90. The van der Waals surface area contributed by atoms with E-state index in [-0.39, 0.29) is 12.5 Å². The van der Waals surface area contributed by atoms with Crippen molar-refractivity contribution in [3.63, 3.8) is 0 Å². The summed E-state index contributed by atoms with van der Waals surface area (Å²) < 4.78 is 5.54. The molecule has 1 atom stereocenters. The Morgan fingerprint density at radius 3 is 2.35 bits per heavy atom. The van der Waals surface area contributed by atoms with Crippen molar-refractivity contribution in [2.24, 2.45) is 5.92 Å². The Kier molecular flexibility index (Phi) is 5.38. The number of piperidine rings is 1. The highest BCUT2D eigenvalue weighted by atomic mass is 35.5. The molecule has 124 valence electrons. The van der Waals surface area contributed by atoms with Gasteiger partial charge in [0, 0.05) is 5.02 Å². The third-order valence-corrected chi connectivity index (χ3v) is 4.79. The monoisotopic (exact) mass is 335 g/mol. The smallest absolute Gasteiger partial charge is 0.129 e. The Labute approximate surface area is 141 Å². The van der Waals surface area contributed by atoms with Crippen molar-refractivity contribution >= 4 is 11.6 Å². The fraction of sp³-hybridized carbons (Fsp3) is 0.444. The van der Waals surface area contributed by atoms with Crippen LogP contribution in [-0.2, 0) is 13.2 Å². The number of aliphatic hydroxyl groups excluding tert-OH is 2. The minimum atomic E-state index is -0.431. The van der Waals surface area contributed by atoms with Gasteiger partial charge in [-0.2, -0.15) is 0 Å². The number of benzene rings is 1. The predicted molar refractivity (Wildman–Crippen MR) is 89.0 cm³/mol. The van der Waals surface area contributed by atoms with Crippen LogP contribution in [-0.4, -0.2) is 28.2 Å². The van der Waals surface area contributed by atoms with Crippen molar-refractivity contribution in [2.45, 2.75) is 32.1 Å². The molecular formula is C18H22ClNO3. The highest BCUT2D eigenvalue weighted by Crippen LogP contribution is 2.31. The predicted octanol–water partition coefficient (Wildman–Crippen LogP) is 3.37. The van der Waals surface area contributed by atoms with Crippen LogP contribution in [0, 0.1) is 5.92 Å². The molecule has 0 saturated carbocycles. The summed E-state index contributed by atoms with van der Waals surface area (Å²) in [5.41, 5.74) is 0.937. The molecule has 0 spiro atoms. The molecule has 4 nitrogen and oxygen atoms in total. The summed E-state index contributed by atoms with van der Waals surface area (Å²) in [6.07, 6.45) is 1.48. The number of aliphatic hydroxyl groups is 2. The maximum atomic E-state index is 10.5. The molecule has 3 rings (SSSR count). The molecule has 2 heterocycles. The lowest BCUT2D eigenvalue weighted by molar-refractivity contribution is 0.0546. The minimum Gasteiger partial charge on any atom is -0.462 e. The molecule has 2 N–H and O–H groups in total. The van der Waals surface area contributed by atoms with Crippen LogP contribution in [0.5, 0.6) is 0 Å². The zero-order valence-corrected chi connectivity index (χ0v) is 13.7. The van der Waals surface area contributed by atoms with Gasteiger partial charge in [0.05, 0.1) is 12.6 Å². The summed E-state index contributed by atoms with van der Waals surface area (Å²) in [4.78, 5) is 2.32. The van der Waals surface area contributed by atoms with Crippen LogP contribution in [0.15, 0.2) is 40.8 Å². The van der Waals surface area contributed by atoms with Gasteiger partial charge in [-0.25, -0.2) is 0 Å². The maximum Gasteiger partial charge on any atom is 0.129 e. The molecule has 1 aliphatic rings. The Bertz CT molecular complexity index is 617. The molecule has 0 aliphatic carbocycles. The normalized spacial score (nSPS) is 18.2. The van der Waals surface area contributed by atoms with E-state index >= 15 is 0 Å². The lowest BCUT2D eigenvalue weighted by Crippen LogP contribution is -2.35. The topological polar surface area (TPSA) is 56.8 Å². The third-order valence-electron chi connectivity index (χ3n) is 4.54. The van der Waals surface area contributed by atoms with Gasteiger partial charge >= 0.3 is 0 Å². The molecule has 5 heteroatoms. The van der Waals surface area contributed by atoms with E-state index in [1.54, 1.807) is 0 Å². The van der Waals surface area contributed by atoms with E-state index in [0.717, 1.165) is 43.8 Å². The first-order valence-corrected chi connectivity index (χ1v) is 8.38. The van der Waals surface area contributed by atoms with Gasteiger partial charge in [-0.05, 0) is 61.7 Å². The van der Waals surface area contributed by atoms with Gasteiger partial charge in [0.1, 0.15) is 18.1 Å². The summed E-state index contributed by atoms with van der Waals surface area (Å²) in [6, 6.07) is 11.2. The van der Waals surface area contributed by atoms with Crippen LogP contribution < -0.4 is 0 Å². The van der Waals surface area contributed by atoms with Gasteiger partial charge in [0.15, 0.2) is 0 Å². The van der Waals surface area contributed by atoms with Crippen LogP contribution in [0.25, 0.3) is 0 Å². The van der Waals surface area contributed by atoms with Crippen molar-refractivity contribution < 1.29 is 14.6 Å². The molecular weight excluding hydrogens is 314 g/mol. The standard InChI is InChI=1S/C18H22ClNO3/c19-15-3-1-13(2-4-15)18(22)14-7-9-20(10-8-14)11-16-5-6-17(12-21)23-16/h1-6,14,18,21-22H,7-12H2. The SMILES string of the molecule is OCc1ccc(CN2CCC(C(O)c3ccc(Cl)cc3)CC2)o1. The number of rotatable bonds is 5. The Morgan fingerprint density at radius 2 is 1.74 bits per heavy atom. The average Bonchev–Trinajstić information content (AvgIpc) is 3.03. The van der Waals surface area contributed by atoms with E-state index < -0.39 is 6.10 Å². The number of furan rings is 1. The zero-order chi connectivity index (χ0) is 16.2. The quantitative estimate of drug-likeness (QED) is 0.879. The van der Waals surface area contributed by atoms with Gasteiger partial charge in [0.25, 0.3) is 0 Å². The van der Waals surface area contributed by atoms with Crippen molar-refractivity contribution in [1.82, 2.24) is 4.90 Å². The minimum absolute atomic E-state index is 0.0602. The van der Waals surface area contributed by atoms with Gasteiger partial charge in [-0.15, -0.1) is 0 Å². The van der Waals surface area contributed by atoms with E-state index in [4.69, 9.17) is 21.1 Å². The van der Waals surface area contributed by atoms with E-state index in [1.807, 2.05) is 36.4 Å². The second-order valence-electron chi connectivity index (χ2n) is 6.14. The summed E-state index contributed by atoms with van der Waals surface area (Å²) in [7, 11) is 0. The van der Waals surface area contributed by atoms with Gasteiger partial charge < -0.3 is 14.6 Å². The zero-order valence-electron chi connectivity index (χ0n) is 13.0. The van der Waals surface area contributed by atoms with E-state index in [2.05, 4.69) is 4.90 Å². The molecule has 1 aliphatic heterocycles. The van der Waals surface area contributed by atoms with Gasteiger partial charge in [0.2, 0.25) is 0 Å². The molecule has 1 aromatic heterocycles. The van der Waals surface area contributed by atoms with Crippen molar-refractivity contribution in [3.8, 4) is 0 Å². The third kappa shape index (κ3) is 4.15. The average molecular weight is 336 g/mol. The first-order valence-electron chi connectivity index (χ1n) is 8.00. The molecule has 23 heavy (non-hydrogen) atoms. The number of nitrogens with zero attached hydrogens (tertiary/aromatic N) is 1. The van der Waals surface area contributed by atoms with Crippen molar-refractivity contribution in [1.29, 1.82) is 0 Å². The number of halogens is 1. The van der Waals surface area contributed by atoms with Crippen LogP contribution in [0.3, 0.4) is 0 Å². The summed E-state index contributed by atoms with van der Waals surface area (Å²) in [5.74, 6) is 1.76. The Hall–Kier alpha value is -1.33. The highest BCUT2D eigenvalue weighted by Gasteiger charge is 2.26. The van der Waals surface area contributed by atoms with E-state index in [0.29, 0.717) is 10.8 Å². The van der Waals surface area contributed by atoms with Crippen LogP contribution in [0.4, 0.5) is 0 Å². The number of hydrogen-bond acceptors (Lipinski definition) is 4. The Morgan fingerprint density at radius 1 is 1.09 bits per heavy atom. The number of hydrogen-bond donors (Lipinski definition) is 2. The van der Waals surface area contributed by atoms with Crippen LogP contribution >= 0.6 is 11.6 Å². The van der Waals surface area contributed by atoms with Crippen molar-refractivity contribution in [3.05, 3.63) is 58.5 Å². The molecule has 0 amide bonds. The summed E-state index contributed by atoms with van der Waals surface area (Å²) in [5, 5.41) is 20.3. The molecule has 1 unspecified atom stereocenters. The molecule has 0 radical (unpaired) electrons. The fourth-order valence-corrected chi connectivity index (χ4v) is 3.30. The first-order chi connectivity index (χ1) is 11.2. The van der Waals surface area contributed by atoms with E-state index in [9.17, 15) is 5.11 Å².